The number of rotatable bonds is 6. The predicted octanol–water partition coefficient (Wildman–Crippen LogP) is 2.61. The minimum atomic E-state index is 0.490. The minimum absolute atomic E-state index is 0.490. The molecule has 0 bridgehead atoms. The van der Waals surface area contributed by atoms with Crippen molar-refractivity contribution in [3.63, 3.8) is 0 Å². The highest BCUT2D eigenvalue weighted by molar-refractivity contribution is 7.99. The molecule has 0 aliphatic carbocycles. The first-order chi connectivity index (χ1) is 7.09. The van der Waals surface area contributed by atoms with E-state index in [1.807, 2.05) is 35.8 Å². The smallest absolute Gasteiger partial charge is 0.124 e. The van der Waals surface area contributed by atoms with Crippen LogP contribution >= 0.6 is 11.8 Å². The molecule has 0 amide bonds. The molecule has 0 radical (unpaired) electrons. The van der Waals surface area contributed by atoms with Crippen molar-refractivity contribution in [3.05, 3.63) is 12.3 Å². The third-order valence-electron chi connectivity index (χ3n) is 2.03. The van der Waals surface area contributed by atoms with E-state index < -0.39 is 0 Å². The van der Waals surface area contributed by atoms with Gasteiger partial charge >= 0.3 is 0 Å². The van der Waals surface area contributed by atoms with Gasteiger partial charge in [0.05, 0.1) is 6.20 Å². The number of nitrogens with one attached hydrogen (secondary N) is 1. The van der Waals surface area contributed by atoms with Crippen LogP contribution in [0.3, 0.4) is 0 Å². The standard InChI is InChI=1S/C11H21N3S/c1-9(2)7-15-8-10(3)13-11-5-6-12-14(11)4/h5-6,9-10,13H,7-8H2,1-4H3. The van der Waals surface area contributed by atoms with Crippen molar-refractivity contribution in [1.82, 2.24) is 9.78 Å². The van der Waals surface area contributed by atoms with Gasteiger partial charge in [-0.25, -0.2) is 0 Å². The molecule has 1 atom stereocenters. The number of nitrogens with zero attached hydrogens (tertiary/aromatic N) is 2. The first-order valence-electron chi connectivity index (χ1n) is 5.42. The molecule has 0 aliphatic heterocycles. The van der Waals surface area contributed by atoms with Crippen LogP contribution in [0.1, 0.15) is 20.8 Å². The van der Waals surface area contributed by atoms with Crippen molar-refractivity contribution in [2.24, 2.45) is 13.0 Å². The van der Waals surface area contributed by atoms with Crippen LogP contribution < -0.4 is 5.32 Å². The van der Waals surface area contributed by atoms with Gasteiger partial charge in [0.15, 0.2) is 0 Å². The van der Waals surface area contributed by atoms with Gasteiger partial charge in [-0.05, 0) is 18.6 Å². The lowest BCUT2D eigenvalue weighted by Gasteiger charge is -2.15. The average molecular weight is 227 g/mol. The van der Waals surface area contributed by atoms with E-state index in [0.29, 0.717) is 6.04 Å². The second-order valence-corrected chi connectivity index (χ2v) is 5.39. The predicted molar refractivity (Wildman–Crippen MR) is 68.5 cm³/mol. The first kappa shape index (κ1) is 12.4. The van der Waals surface area contributed by atoms with E-state index in [1.54, 1.807) is 0 Å². The SMILES string of the molecule is CC(C)CSCC(C)Nc1ccnn1C. The molecule has 1 aromatic rings. The summed E-state index contributed by atoms with van der Waals surface area (Å²) >= 11 is 2.00. The third kappa shape index (κ3) is 4.60. The highest BCUT2D eigenvalue weighted by Gasteiger charge is 2.05. The molecule has 1 unspecified atom stereocenters. The molecule has 1 aromatic heterocycles. The van der Waals surface area contributed by atoms with Gasteiger partial charge in [-0.1, -0.05) is 13.8 Å². The summed E-state index contributed by atoms with van der Waals surface area (Å²) in [6.45, 7) is 6.72. The summed E-state index contributed by atoms with van der Waals surface area (Å²) in [5.41, 5.74) is 0. The molecule has 0 fully saturated rings. The molecule has 4 heteroatoms. The van der Waals surface area contributed by atoms with Crippen LogP contribution in [0.4, 0.5) is 5.82 Å². The number of aromatic nitrogens is 2. The quantitative estimate of drug-likeness (QED) is 0.810. The van der Waals surface area contributed by atoms with Crippen LogP contribution in [0.2, 0.25) is 0 Å². The Kier molecular flexibility index (Phi) is 5.02. The van der Waals surface area contributed by atoms with E-state index in [1.165, 1.54) is 5.75 Å². The third-order valence-corrected chi connectivity index (χ3v) is 3.67. The van der Waals surface area contributed by atoms with Gasteiger partial charge in [-0.3, -0.25) is 4.68 Å². The molecule has 3 nitrogen and oxygen atoms in total. The van der Waals surface area contributed by atoms with Gasteiger partial charge in [0.2, 0.25) is 0 Å². The molecule has 86 valence electrons. The minimum Gasteiger partial charge on any atom is -0.367 e. The maximum absolute atomic E-state index is 4.13. The molecule has 0 spiro atoms. The summed E-state index contributed by atoms with van der Waals surface area (Å²) in [6, 6.07) is 2.49. The fourth-order valence-corrected chi connectivity index (χ4v) is 2.33. The number of hydrogen-bond donors (Lipinski definition) is 1. The van der Waals surface area contributed by atoms with Gasteiger partial charge in [0.25, 0.3) is 0 Å². The summed E-state index contributed by atoms with van der Waals surface area (Å²) in [7, 11) is 1.95. The monoisotopic (exact) mass is 227 g/mol. The Morgan fingerprint density at radius 1 is 1.40 bits per heavy atom. The van der Waals surface area contributed by atoms with Crippen molar-refractivity contribution < 1.29 is 0 Å². The Labute approximate surface area is 96.6 Å². The number of hydrogen-bond acceptors (Lipinski definition) is 3. The van der Waals surface area contributed by atoms with Crippen LogP contribution in [0.5, 0.6) is 0 Å². The Morgan fingerprint density at radius 3 is 2.67 bits per heavy atom. The largest absolute Gasteiger partial charge is 0.367 e. The van der Waals surface area contributed by atoms with Gasteiger partial charge in [0.1, 0.15) is 5.82 Å². The van der Waals surface area contributed by atoms with Crippen molar-refractivity contribution in [2.75, 3.05) is 16.8 Å². The van der Waals surface area contributed by atoms with Crippen molar-refractivity contribution in [3.8, 4) is 0 Å². The molecular formula is C11H21N3S. The van der Waals surface area contributed by atoms with E-state index >= 15 is 0 Å². The van der Waals surface area contributed by atoms with Gasteiger partial charge < -0.3 is 5.32 Å². The van der Waals surface area contributed by atoms with Crippen molar-refractivity contribution in [1.29, 1.82) is 0 Å². The molecule has 0 aromatic carbocycles. The zero-order valence-electron chi connectivity index (χ0n) is 10.0. The molecule has 1 N–H and O–H groups in total. The highest BCUT2D eigenvalue weighted by Crippen LogP contribution is 2.12. The van der Waals surface area contributed by atoms with Crippen molar-refractivity contribution in [2.45, 2.75) is 26.8 Å². The molecule has 0 saturated carbocycles. The lowest BCUT2D eigenvalue weighted by molar-refractivity contribution is 0.744. The van der Waals surface area contributed by atoms with Crippen LogP contribution in [-0.2, 0) is 7.05 Å². The van der Waals surface area contributed by atoms with E-state index in [2.05, 4.69) is 31.2 Å². The summed E-state index contributed by atoms with van der Waals surface area (Å²) in [5.74, 6) is 4.24. The van der Waals surface area contributed by atoms with Crippen LogP contribution in [0, 0.1) is 5.92 Å². The molecule has 1 heterocycles. The zero-order chi connectivity index (χ0) is 11.3. The maximum Gasteiger partial charge on any atom is 0.124 e. The lowest BCUT2D eigenvalue weighted by Crippen LogP contribution is -2.20. The van der Waals surface area contributed by atoms with Gasteiger partial charge in [0, 0.05) is 24.9 Å². The van der Waals surface area contributed by atoms with Crippen molar-refractivity contribution >= 4 is 17.6 Å². The molecule has 0 aliphatic rings. The molecule has 1 rings (SSSR count). The highest BCUT2D eigenvalue weighted by atomic mass is 32.2. The van der Waals surface area contributed by atoms with Gasteiger partial charge in [-0.2, -0.15) is 16.9 Å². The topological polar surface area (TPSA) is 29.9 Å². The Balaban J connectivity index is 2.24. The Morgan fingerprint density at radius 2 is 2.13 bits per heavy atom. The molecular weight excluding hydrogens is 206 g/mol. The maximum atomic E-state index is 4.13. The number of thioether (sulfide) groups is 1. The lowest BCUT2D eigenvalue weighted by atomic mass is 10.3. The summed E-state index contributed by atoms with van der Waals surface area (Å²) < 4.78 is 1.86. The van der Waals surface area contributed by atoms with Crippen LogP contribution in [0.15, 0.2) is 12.3 Å². The number of aryl methyl sites for hydroxylation is 1. The summed E-state index contributed by atoms with van der Waals surface area (Å²) in [6.07, 6.45) is 1.82. The van der Waals surface area contributed by atoms with E-state index in [9.17, 15) is 0 Å². The fourth-order valence-electron chi connectivity index (χ4n) is 1.29. The zero-order valence-corrected chi connectivity index (χ0v) is 10.8. The summed E-state index contributed by atoms with van der Waals surface area (Å²) in [4.78, 5) is 0. The summed E-state index contributed by atoms with van der Waals surface area (Å²) in [5, 5.41) is 7.57. The fraction of sp³-hybridized carbons (Fsp3) is 0.727. The molecule has 0 saturated heterocycles. The second-order valence-electron chi connectivity index (χ2n) is 4.32. The Bertz CT molecular complexity index is 283. The van der Waals surface area contributed by atoms with E-state index in [0.717, 1.165) is 17.5 Å². The van der Waals surface area contributed by atoms with E-state index in [-0.39, 0.29) is 0 Å². The molecule has 15 heavy (non-hydrogen) atoms. The Hall–Kier alpha value is -0.640. The van der Waals surface area contributed by atoms with Gasteiger partial charge in [-0.15, -0.1) is 0 Å². The van der Waals surface area contributed by atoms with Crippen LogP contribution in [0.25, 0.3) is 0 Å². The van der Waals surface area contributed by atoms with Crippen LogP contribution in [-0.4, -0.2) is 27.3 Å². The van der Waals surface area contributed by atoms with E-state index in [4.69, 9.17) is 0 Å². The average Bonchev–Trinajstić information content (AvgIpc) is 2.51. The first-order valence-corrected chi connectivity index (χ1v) is 6.57. The number of anilines is 1. The second kappa shape index (κ2) is 6.05. The normalized spacial score (nSPS) is 13.1.